The third-order valence-electron chi connectivity index (χ3n) is 3.66. The van der Waals surface area contributed by atoms with Gasteiger partial charge in [0.2, 0.25) is 0 Å². The number of anilines is 1. The molecule has 0 radical (unpaired) electrons. The molecule has 0 aromatic heterocycles. The number of carbonyl (C=O) groups is 1. The Morgan fingerprint density at radius 1 is 1.08 bits per heavy atom. The van der Waals surface area contributed by atoms with E-state index in [4.69, 9.17) is 11.6 Å². The monoisotopic (exact) mass is 365 g/mol. The number of nitrogens with zero attached hydrogens (tertiary/aromatic N) is 1. The Morgan fingerprint density at radius 2 is 1.71 bits per heavy atom. The minimum Gasteiger partial charge on any atom is -0.300 e. The van der Waals surface area contributed by atoms with E-state index in [9.17, 15) is 17.6 Å². The molecule has 2 aromatic carbocycles. The first-order valence-corrected chi connectivity index (χ1v) is 9.21. The van der Waals surface area contributed by atoms with Gasteiger partial charge in [0, 0.05) is 21.7 Å². The van der Waals surface area contributed by atoms with E-state index in [1.165, 1.54) is 35.2 Å². The van der Waals surface area contributed by atoms with Gasteiger partial charge in [-0.3, -0.25) is 4.79 Å². The van der Waals surface area contributed by atoms with Crippen LogP contribution < -0.4 is 4.90 Å². The van der Waals surface area contributed by atoms with Gasteiger partial charge in [0.15, 0.2) is 9.84 Å². The molecule has 24 heavy (non-hydrogen) atoms. The molecule has 0 fully saturated rings. The third kappa shape index (κ3) is 3.49. The van der Waals surface area contributed by atoms with Crippen molar-refractivity contribution in [1.29, 1.82) is 0 Å². The third-order valence-corrected chi connectivity index (χ3v) is 5.29. The van der Waals surface area contributed by atoms with E-state index < -0.39 is 21.7 Å². The van der Waals surface area contributed by atoms with Crippen molar-refractivity contribution in [2.24, 2.45) is 0 Å². The Morgan fingerprint density at radius 3 is 2.25 bits per heavy atom. The first-order valence-electron chi connectivity index (χ1n) is 7.11. The number of hydrogen-bond donors (Lipinski definition) is 0. The van der Waals surface area contributed by atoms with E-state index in [0.29, 0.717) is 16.3 Å². The second-order valence-electron chi connectivity index (χ2n) is 5.38. The van der Waals surface area contributed by atoms with Crippen molar-refractivity contribution < 1.29 is 17.6 Å². The lowest BCUT2D eigenvalue weighted by molar-refractivity contribution is 0.0983. The Kier molecular flexibility index (Phi) is 4.43. The zero-order valence-electron chi connectivity index (χ0n) is 12.4. The molecule has 1 unspecified atom stereocenters. The highest BCUT2D eigenvalue weighted by Gasteiger charge is 2.32. The topological polar surface area (TPSA) is 54.5 Å². The molecule has 3 rings (SSSR count). The van der Waals surface area contributed by atoms with Crippen LogP contribution in [0.2, 0.25) is 5.02 Å². The number of benzene rings is 2. The highest BCUT2D eigenvalue weighted by atomic mass is 35.5. The van der Waals surface area contributed by atoms with Crippen LogP contribution in [0.4, 0.5) is 10.1 Å². The fourth-order valence-electron chi connectivity index (χ4n) is 2.51. The van der Waals surface area contributed by atoms with Crippen LogP contribution in [0.15, 0.2) is 60.0 Å². The summed E-state index contributed by atoms with van der Waals surface area (Å²) in [5, 5.41) is 1.59. The molecule has 1 amide bonds. The van der Waals surface area contributed by atoms with Crippen molar-refractivity contribution in [1.82, 2.24) is 0 Å². The summed E-state index contributed by atoms with van der Waals surface area (Å²) in [4.78, 5) is 14.3. The molecule has 0 saturated carbocycles. The van der Waals surface area contributed by atoms with Crippen LogP contribution in [0.1, 0.15) is 10.4 Å². The summed E-state index contributed by atoms with van der Waals surface area (Å²) in [6.07, 6.45) is 1.46. The SMILES string of the molecule is O=C(c1ccc(Cl)cc1)N(c1ccc(F)cc1)C1C=CS(=O)(=O)C1. The zero-order valence-corrected chi connectivity index (χ0v) is 14.0. The van der Waals surface area contributed by atoms with Gasteiger partial charge < -0.3 is 4.90 Å². The second kappa shape index (κ2) is 6.37. The molecule has 0 spiro atoms. The van der Waals surface area contributed by atoms with Crippen LogP contribution in [-0.4, -0.2) is 26.1 Å². The van der Waals surface area contributed by atoms with Gasteiger partial charge in [0.1, 0.15) is 5.82 Å². The van der Waals surface area contributed by atoms with Gasteiger partial charge in [-0.15, -0.1) is 0 Å². The number of hydrogen-bond acceptors (Lipinski definition) is 3. The van der Waals surface area contributed by atoms with Gasteiger partial charge in [-0.2, -0.15) is 0 Å². The summed E-state index contributed by atoms with van der Waals surface area (Å²) >= 11 is 5.84. The molecular formula is C17H13ClFNO3S. The largest absolute Gasteiger partial charge is 0.300 e. The number of amides is 1. The Hall–Kier alpha value is -2.18. The molecule has 1 aliphatic rings. The minimum absolute atomic E-state index is 0.205. The molecule has 1 atom stereocenters. The van der Waals surface area contributed by atoms with Gasteiger partial charge in [0.05, 0.1) is 11.8 Å². The first kappa shape index (κ1) is 16.7. The number of sulfone groups is 1. The zero-order chi connectivity index (χ0) is 17.3. The Labute approximate surface area is 144 Å². The predicted octanol–water partition coefficient (Wildman–Crippen LogP) is 3.44. The van der Waals surface area contributed by atoms with E-state index in [0.717, 1.165) is 5.41 Å². The predicted molar refractivity (Wildman–Crippen MR) is 91.4 cm³/mol. The number of carbonyl (C=O) groups excluding carboxylic acids is 1. The average molecular weight is 366 g/mol. The summed E-state index contributed by atoms with van der Waals surface area (Å²) < 4.78 is 36.7. The second-order valence-corrected chi connectivity index (χ2v) is 7.75. The van der Waals surface area contributed by atoms with Gasteiger partial charge >= 0.3 is 0 Å². The van der Waals surface area contributed by atoms with Crippen molar-refractivity contribution in [3.8, 4) is 0 Å². The molecule has 1 heterocycles. The number of halogens is 2. The van der Waals surface area contributed by atoms with E-state index in [1.54, 1.807) is 24.3 Å². The van der Waals surface area contributed by atoms with Crippen molar-refractivity contribution in [2.45, 2.75) is 6.04 Å². The van der Waals surface area contributed by atoms with Crippen molar-refractivity contribution >= 4 is 33.0 Å². The fraction of sp³-hybridized carbons (Fsp3) is 0.118. The van der Waals surface area contributed by atoms with Crippen LogP contribution >= 0.6 is 11.6 Å². The van der Waals surface area contributed by atoms with Crippen LogP contribution in [0, 0.1) is 5.82 Å². The molecule has 7 heteroatoms. The molecule has 0 bridgehead atoms. The number of rotatable bonds is 3. The molecular weight excluding hydrogens is 353 g/mol. The lowest BCUT2D eigenvalue weighted by Gasteiger charge is -2.27. The molecule has 0 aliphatic carbocycles. The van der Waals surface area contributed by atoms with Gasteiger partial charge in [0.25, 0.3) is 5.91 Å². The standard InChI is InChI=1S/C17H13ClFNO3S/c18-13-3-1-12(2-4-13)17(21)20(15-7-5-14(19)6-8-15)16-9-10-24(22,23)11-16/h1-10,16H,11H2. The summed E-state index contributed by atoms with van der Waals surface area (Å²) in [5.74, 6) is -1.03. The quantitative estimate of drug-likeness (QED) is 0.837. The first-order chi connectivity index (χ1) is 11.4. The normalized spacial score (nSPS) is 18.5. The van der Waals surface area contributed by atoms with Gasteiger partial charge in [-0.05, 0) is 54.6 Å². The van der Waals surface area contributed by atoms with E-state index in [1.807, 2.05) is 0 Å². The van der Waals surface area contributed by atoms with Crippen molar-refractivity contribution in [2.75, 3.05) is 10.7 Å². The van der Waals surface area contributed by atoms with Gasteiger partial charge in [-0.25, -0.2) is 12.8 Å². The van der Waals surface area contributed by atoms with Gasteiger partial charge in [-0.1, -0.05) is 11.6 Å². The van der Waals surface area contributed by atoms with Crippen LogP contribution in [0.3, 0.4) is 0 Å². The summed E-state index contributed by atoms with van der Waals surface area (Å²) in [5.41, 5.74) is 0.782. The highest BCUT2D eigenvalue weighted by molar-refractivity contribution is 7.94. The molecule has 2 aromatic rings. The fourth-order valence-corrected chi connectivity index (χ4v) is 3.91. The maximum atomic E-state index is 13.2. The summed E-state index contributed by atoms with van der Waals surface area (Å²) in [6.45, 7) is 0. The average Bonchev–Trinajstić information content (AvgIpc) is 2.90. The lowest BCUT2D eigenvalue weighted by atomic mass is 10.1. The maximum Gasteiger partial charge on any atom is 0.258 e. The molecule has 0 N–H and O–H groups in total. The molecule has 4 nitrogen and oxygen atoms in total. The molecule has 124 valence electrons. The van der Waals surface area contributed by atoms with Crippen molar-refractivity contribution in [3.05, 3.63) is 76.4 Å². The van der Waals surface area contributed by atoms with E-state index >= 15 is 0 Å². The van der Waals surface area contributed by atoms with Crippen LogP contribution in [0.5, 0.6) is 0 Å². The summed E-state index contributed by atoms with van der Waals surface area (Å²) in [6, 6.07) is 11.0. The molecule has 0 saturated heterocycles. The van der Waals surface area contributed by atoms with Crippen LogP contribution in [-0.2, 0) is 9.84 Å². The van der Waals surface area contributed by atoms with E-state index in [-0.39, 0.29) is 11.7 Å². The van der Waals surface area contributed by atoms with Crippen LogP contribution in [0.25, 0.3) is 0 Å². The highest BCUT2D eigenvalue weighted by Crippen LogP contribution is 2.25. The Bertz CT molecular complexity index is 892. The smallest absolute Gasteiger partial charge is 0.258 e. The maximum absolute atomic E-state index is 13.2. The minimum atomic E-state index is -3.35. The lowest BCUT2D eigenvalue weighted by Crippen LogP contribution is -2.41. The van der Waals surface area contributed by atoms with Crippen molar-refractivity contribution in [3.63, 3.8) is 0 Å². The van der Waals surface area contributed by atoms with E-state index in [2.05, 4.69) is 0 Å². The molecule has 1 aliphatic heterocycles. The Balaban J connectivity index is 2.01. The summed E-state index contributed by atoms with van der Waals surface area (Å²) in [7, 11) is -3.35.